The van der Waals surface area contributed by atoms with Gasteiger partial charge in [0.15, 0.2) is 6.10 Å². The van der Waals surface area contributed by atoms with Gasteiger partial charge in [-0.2, -0.15) is 43.9 Å². The highest BCUT2D eigenvalue weighted by atomic mass is 19.4. The van der Waals surface area contributed by atoms with Crippen molar-refractivity contribution in [3.05, 3.63) is 83.7 Å². The number of halogens is 10. The molecule has 0 radical (unpaired) electrons. The molecule has 0 bridgehead atoms. The SMILES string of the molecule is O[C@H](CN[C@H](c1cccc(Oc2ccnc(C(F)(F)F)c2)c1)c1cccc(OC(F)(F)C(F)F)c1)C(F)(F)F. The molecule has 2 aromatic carbocycles. The third kappa shape index (κ3) is 8.20. The molecule has 0 saturated heterocycles. The highest BCUT2D eigenvalue weighted by molar-refractivity contribution is 5.41. The zero-order chi connectivity index (χ0) is 29.0. The van der Waals surface area contributed by atoms with E-state index in [9.17, 15) is 49.0 Å². The average molecular weight is 572 g/mol. The van der Waals surface area contributed by atoms with Crippen LogP contribution in [0.1, 0.15) is 22.9 Å². The Morgan fingerprint density at radius 2 is 1.36 bits per heavy atom. The molecular formula is C24H18F10N2O3. The Morgan fingerprint density at radius 1 is 0.795 bits per heavy atom. The lowest BCUT2D eigenvalue weighted by molar-refractivity contribution is -0.253. The number of aliphatic hydroxyl groups excluding tert-OH is 1. The molecule has 3 aromatic rings. The Labute approximate surface area is 214 Å². The first-order valence-electron chi connectivity index (χ1n) is 10.8. The number of nitrogens with zero attached hydrogens (tertiary/aromatic N) is 1. The molecule has 0 unspecified atom stereocenters. The number of benzene rings is 2. The lowest BCUT2D eigenvalue weighted by Crippen LogP contribution is -2.40. The van der Waals surface area contributed by atoms with E-state index in [0.29, 0.717) is 6.07 Å². The van der Waals surface area contributed by atoms with Gasteiger partial charge in [0, 0.05) is 18.8 Å². The molecule has 0 aliphatic heterocycles. The summed E-state index contributed by atoms with van der Waals surface area (Å²) in [6.07, 6.45) is -20.8. The zero-order valence-electron chi connectivity index (χ0n) is 19.3. The van der Waals surface area contributed by atoms with Crippen LogP contribution in [0.25, 0.3) is 0 Å². The van der Waals surface area contributed by atoms with Crippen LogP contribution in [0.15, 0.2) is 66.9 Å². The number of nitrogens with one attached hydrogen (secondary N) is 1. The quantitative estimate of drug-likeness (QED) is 0.264. The molecule has 212 valence electrons. The molecule has 0 saturated carbocycles. The predicted molar refractivity (Wildman–Crippen MR) is 116 cm³/mol. The van der Waals surface area contributed by atoms with E-state index in [0.717, 1.165) is 30.5 Å². The number of pyridine rings is 1. The van der Waals surface area contributed by atoms with E-state index >= 15 is 0 Å². The fraction of sp³-hybridized carbons (Fsp3) is 0.292. The van der Waals surface area contributed by atoms with Crippen LogP contribution in [0.4, 0.5) is 43.9 Å². The van der Waals surface area contributed by atoms with Gasteiger partial charge < -0.3 is 19.9 Å². The third-order valence-electron chi connectivity index (χ3n) is 5.04. The number of hydrogen-bond acceptors (Lipinski definition) is 5. The molecule has 0 amide bonds. The Hall–Kier alpha value is -3.59. The first-order chi connectivity index (χ1) is 18.1. The Kier molecular flexibility index (Phi) is 8.95. The maximum atomic E-state index is 13.4. The summed E-state index contributed by atoms with van der Waals surface area (Å²) in [5.74, 6) is -1.06. The van der Waals surface area contributed by atoms with Crippen molar-refractivity contribution < 1.29 is 58.5 Å². The summed E-state index contributed by atoms with van der Waals surface area (Å²) < 4.78 is 139. The highest BCUT2D eigenvalue weighted by Crippen LogP contribution is 2.34. The van der Waals surface area contributed by atoms with Crippen LogP contribution in [0.3, 0.4) is 0 Å². The van der Waals surface area contributed by atoms with Gasteiger partial charge in [-0.15, -0.1) is 0 Å². The second-order valence-electron chi connectivity index (χ2n) is 7.98. The average Bonchev–Trinajstić information content (AvgIpc) is 2.83. The van der Waals surface area contributed by atoms with E-state index in [1.54, 1.807) is 0 Å². The molecule has 15 heteroatoms. The Bertz CT molecular complexity index is 1250. The van der Waals surface area contributed by atoms with Gasteiger partial charge in [0.1, 0.15) is 22.9 Å². The van der Waals surface area contributed by atoms with Crippen LogP contribution >= 0.6 is 0 Å². The second kappa shape index (κ2) is 11.7. The second-order valence-corrected chi connectivity index (χ2v) is 7.98. The van der Waals surface area contributed by atoms with E-state index in [2.05, 4.69) is 15.0 Å². The van der Waals surface area contributed by atoms with Crippen molar-refractivity contribution in [2.75, 3.05) is 6.54 Å². The Morgan fingerprint density at radius 3 is 1.92 bits per heavy atom. The minimum Gasteiger partial charge on any atom is -0.457 e. The number of hydrogen-bond donors (Lipinski definition) is 2. The van der Waals surface area contributed by atoms with Crippen LogP contribution in [0.5, 0.6) is 17.2 Å². The first-order valence-corrected chi connectivity index (χ1v) is 10.8. The summed E-state index contributed by atoms with van der Waals surface area (Å²) in [6, 6.07) is 9.89. The predicted octanol–water partition coefficient (Wildman–Crippen LogP) is 6.73. The monoisotopic (exact) mass is 572 g/mol. The van der Waals surface area contributed by atoms with Gasteiger partial charge in [-0.05, 0) is 41.5 Å². The van der Waals surface area contributed by atoms with Crippen molar-refractivity contribution in [1.82, 2.24) is 10.3 Å². The van der Waals surface area contributed by atoms with Crippen LogP contribution in [-0.4, -0.2) is 41.4 Å². The number of aromatic nitrogens is 1. The maximum absolute atomic E-state index is 13.4. The summed E-state index contributed by atoms with van der Waals surface area (Å²) in [7, 11) is 0. The van der Waals surface area contributed by atoms with E-state index in [4.69, 9.17) is 4.74 Å². The van der Waals surface area contributed by atoms with Gasteiger partial charge in [0.25, 0.3) is 0 Å². The molecule has 39 heavy (non-hydrogen) atoms. The van der Waals surface area contributed by atoms with Crippen molar-refractivity contribution in [2.45, 2.75) is 37.0 Å². The Balaban J connectivity index is 1.95. The fourth-order valence-corrected chi connectivity index (χ4v) is 3.26. The zero-order valence-corrected chi connectivity index (χ0v) is 19.3. The van der Waals surface area contributed by atoms with Crippen molar-refractivity contribution in [2.24, 2.45) is 0 Å². The molecule has 0 spiro atoms. The van der Waals surface area contributed by atoms with E-state index in [1.165, 1.54) is 30.3 Å². The van der Waals surface area contributed by atoms with Gasteiger partial charge in [0.2, 0.25) is 0 Å². The van der Waals surface area contributed by atoms with E-state index < -0.39 is 55.0 Å². The van der Waals surface area contributed by atoms with Gasteiger partial charge in [-0.3, -0.25) is 4.98 Å². The minimum atomic E-state index is -5.01. The maximum Gasteiger partial charge on any atom is 0.461 e. The third-order valence-corrected chi connectivity index (χ3v) is 5.04. The van der Waals surface area contributed by atoms with Crippen LogP contribution in [0.2, 0.25) is 0 Å². The summed E-state index contributed by atoms with van der Waals surface area (Å²) in [5.41, 5.74) is -1.16. The van der Waals surface area contributed by atoms with Crippen LogP contribution in [0, 0.1) is 0 Å². The lowest BCUT2D eigenvalue weighted by atomic mass is 9.98. The topological polar surface area (TPSA) is 63.6 Å². The summed E-state index contributed by atoms with van der Waals surface area (Å²) in [4.78, 5) is 3.20. The molecule has 0 fully saturated rings. The summed E-state index contributed by atoms with van der Waals surface area (Å²) in [6.45, 7) is -1.07. The summed E-state index contributed by atoms with van der Waals surface area (Å²) in [5, 5.41) is 11.8. The normalized spacial score (nSPS) is 14.3. The molecule has 2 N–H and O–H groups in total. The first kappa shape index (κ1) is 30.0. The van der Waals surface area contributed by atoms with Gasteiger partial charge in [0.05, 0.1) is 6.04 Å². The summed E-state index contributed by atoms with van der Waals surface area (Å²) >= 11 is 0. The molecular weight excluding hydrogens is 554 g/mol. The van der Waals surface area contributed by atoms with Gasteiger partial charge >= 0.3 is 24.9 Å². The number of rotatable bonds is 10. The molecule has 1 aromatic heterocycles. The molecule has 3 rings (SSSR count). The van der Waals surface area contributed by atoms with Crippen LogP contribution < -0.4 is 14.8 Å². The number of alkyl halides is 10. The van der Waals surface area contributed by atoms with Crippen LogP contribution in [-0.2, 0) is 6.18 Å². The standard InChI is InChI=1S/C24H18F10N2O3/c25-21(26)24(33,34)39-17-6-2-4-14(10-17)20(36-12-19(37)23(30,31)32)13-3-1-5-15(9-13)38-16-7-8-35-18(11-16)22(27,28)29/h1-11,19-21,36-37H,12H2/t19-,20-/m1/s1. The molecule has 2 atom stereocenters. The van der Waals surface area contributed by atoms with Crippen molar-refractivity contribution >= 4 is 0 Å². The lowest BCUT2D eigenvalue weighted by Gasteiger charge is -2.24. The van der Waals surface area contributed by atoms with Crippen molar-refractivity contribution in [3.8, 4) is 17.2 Å². The number of aliphatic hydroxyl groups is 1. The van der Waals surface area contributed by atoms with Gasteiger partial charge in [-0.25, -0.2) is 0 Å². The highest BCUT2D eigenvalue weighted by Gasteiger charge is 2.44. The fourth-order valence-electron chi connectivity index (χ4n) is 3.26. The molecule has 0 aliphatic carbocycles. The van der Waals surface area contributed by atoms with Crippen molar-refractivity contribution in [3.63, 3.8) is 0 Å². The van der Waals surface area contributed by atoms with Gasteiger partial charge in [-0.1, -0.05) is 24.3 Å². The van der Waals surface area contributed by atoms with Crippen molar-refractivity contribution in [1.29, 1.82) is 0 Å². The van der Waals surface area contributed by atoms with E-state index in [1.807, 2.05) is 0 Å². The van der Waals surface area contributed by atoms with E-state index in [-0.39, 0.29) is 22.6 Å². The largest absolute Gasteiger partial charge is 0.461 e. The molecule has 1 heterocycles. The molecule has 5 nitrogen and oxygen atoms in total. The smallest absolute Gasteiger partial charge is 0.457 e. The minimum absolute atomic E-state index is 0.0349. The number of ether oxygens (including phenoxy) is 2. The molecule has 0 aliphatic rings.